The second kappa shape index (κ2) is 1.98. The smallest absolute Gasteiger partial charge is 0.129 e. The lowest BCUT2D eigenvalue weighted by atomic mass is 10.0. The predicted octanol–water partition coefficient (Wildman–Crippen LogP) is 2.13. The van der Waals surface area contributed by atoms with E-state index < -0.39 is 0 Å². The molecule has 0 aromatic rings. The van der Waals surface area contributed by atoms with Crippen LogP contribution in [0.1, 0.15) is 32.6 Å². The van der Waals surface area contributed by atoms with E-state index in [9.17, 15) is 0 Å². The first kappa shape index (κ1) is 5.72. The molecule has 1 radical (unpaired) electrons. The topological polar surface area (TPSA) is 12.5 Å². The number of ether oxygens (including phenoxy) is 1. The van der Waals surface area contributed by atoms with Crippen LogP contribution < -0.4 is 0 Å². The third kappa shape index (κ3) is 0.983. The standard InChI is InChI=1S/C8H13O/c1-6-8(9-6)7-4-2-3-5-7/h6-7H,2-5H2,1H3. The fourth-order valence-electron chi connectivity index (χ4n) is 1.81. The van der Waals surface area contributed by atoms with Crippen molar-refractivity contribution >= 4 is 0 Å². The van der Waals surface area contributed by atoms with E-state index in [1.807, 2.05) is 0 Å². The number of rotatable bonds is 1. The maximum Gasteiger partial charge on any atom is 0.129 e. The number of hydrogen-bond acceptors (Lipinski definition) is 1. The summed E-state index contributed by atoms with van der Waals surface area (Å²) in [6.45, 7) is 2.15. The SMILES string of the molecule is CC1O[C]1C1CCCC1. The Balaban J connectivity index is 1.85. The number of hydrogen-bond donors (Lipinski definition) is 0. The van der Waals surface area contributed by atoms with Crippen molar-refractivity contribution in [1.29, 1.82) is 0 Å². The largest absolute Gasteiger partial charge is 0.363 e. The van der Waals surface area contributed by atoms with Gasteiger partial charge in [-0.1, -0.05) is 12.8 Å². The van der Waals surface area contributed by atoms with Crippen LogP contribution in [0.4, 0.5) is 0 Å². The molecule has 0 spiro atoms. The van der Waals surface area contributed by atoms with Crippen LogP contribution in [0.3, 0.4) is 0 Å². The van der Waals surface area contributed by atoms with E-state index in [1.54, 1.807) is 0 Å². The minimum atomic E-state index is 0.507. The second-order valence-electron chi connectivity index (χ2n) is 3.14. The summed E-state index contributed by atoms with van der Waals surface area (Å²) in [5.74, 6) is 0.847. The van der Waals surface area contributed by atoms with Crippen molar-refractivity contribution in [3.63, 3.8) is 0 Å². The van der Waals surface area contributed by atoms with Gasteiger partial charge in [-0.2, -0.15) is 0 Å². The van der Waals surface area contributed by atoms with Gasteiger partial charge in [0.2, 0.25) is 0 Å². The lowest BCUT2D eigenvalue weighted by Crippen LogP contribution is -1.95. The molecule has 0 N–H and O–H groups in total. The third-order valence-electron chi connectivity index (χ3n) is 2.41. The summed E-state index contributed by atoms with van der Waals surface area (Å²) in [5.41, 5.74) is 0. The van der Waals surface area contributed by atoms with Crippen molar-refractivity contribution in [2.75, 3.05) is 0 Å². The Morgan fingerprint density at radius 3 is 2.33 bits per heavy atom. The normalized spacial score (nSPS) is 37.7. The van der Waals surface area contributed by atoms with E-state index in [1.165, 1.54) is 31.8 Å². The molecule has 2 rings (SSSR count). The van der Waals surface area contributed by atoms with Crippen molar-refractivity contribution in [2.45, 2.75) is 38.7 Å². The summed E-state index contributed by atoms with van der Waals surface area (Å²) in [7, 11) is 0. The van der Waals surface area contributed by atoms with Crippen LogP contribution in [-0.4, -0.2) is 6.10 Å². The van der Waals surface area contributed by atoms with Crippen LogP contribution in [0.2, 0.25) is 0 Å². The van der Waals surface area contributed by atoms with Gasteiger partial charge in [0, 0.05) is 0 Å². The van der Waals surface area contributed by atoms with Crippen LogP contribution in [0.15, 0.2) is 0 Å². The average Bonchev–Trinajstić information content (AvgIpc) is 2.44. The van der Waals surface area contributed by atoms with Gasteiger partial charge in [-0.15, -0.1) is 0 Å². The van der Waals surface area contributed by atoms with E-state index in [0.717, 1.165) is 5.92 Å². The van der Waals surface area contributed by atoms with Crippen LogP contribution in [0.5, 0.6) is 0 Å². The highest BCUT2D eigenvalue weighted by atomic mass is 16.6. The molecule has 1 nitrogen and oxygen atoms in total. The minimum absolute atomic E-state index is 0.507. The van der Waals surface area contributed by atoms with Crippen molar-refractivity contribution in [3.05, 3.63) is 6.10 Å². The summed E-state index contributed by atoms with van der Waals surface area (Å²) in [6.07, 6.45) is 7.52. The molecule has 1 saturated carbocycles. The Hall–Kier alpha value is -0.0400. The summed E-state index contributed by atoms with van der Waals surface area (Å²) in [6, 6.07) is 0. The zero-order valence-corrected chi connectivity index (χ0v) is 5.89. The lowest BCUT2D eigenvalue weighted by molar-refractivity contribution is 0.381. The highest BCUT2D eigenvalue weighted by Gasteiger charge is 2.43. The quantitative estimate of drug-likeness (QED) is 0.489. The highest BCUT2D eigenvalue weighted by Crippen LogP contribution is 2.45. The molecule has 1 aliphatic heterocycles. The van der Waals surface area contributed by atoms with Gasteiger partial charge in [0.05, 0.1) is 6.10 Å². The molecule has 0 amide bonds. The zero-order valence-electron chi connectivity index (χ0n) is 5.89. The molecule has 51 valence electrons. The third-order valence-corrected chi connectivity index (χ3v) is 2.41. The fraction of sp³-hybridized carbons (Fsp3) is 0.875. The summed E-state index contributed by atoms with van der Waals surface area (Å²) in [5, 5.41) is 0. The summed E-state index contributed by atoms with van der Waals surface area (Å²) in [4.78, 5) is 0. The van der Waals surface area contributed by atoms with Gasteiger partial charge in [-0.05, 0) is 25.7 Å². The van der Waals surface area contributed by atoms with Gasteiger partial charge >= 0.3 is 0 Å². The maximum atomic E-state index is 5.32. The van der Waals surface area contributed by atoms with E-state index in [4.69, 9.17) is 4.74 Å². The molecular weight excluding hydrogens is 112 g/mol. The molecule has 1 saturated heterocycles. The van der Waals surface area contributed by atoms with Gasteiger partial charge in [-0.3, -0.25) is 0 Å². The predicted molar refractivity (Wildman–Crippen MR) is 35.7 cm³/mol. The number of epoxide rings is 1. The van der Waals surface area contributed by atoms with Crippen molar-refractivity contribution in [3.8, 4) is 0 Å². The molecule has 0 bridgehead atoms. The van der Waals surface area contributed by atoms with E-state index in [-0.39, 0.29) is 0 Å². The van der Waals surface area contributed by atoms with Crippen molar-refractivity contribution in [2.24, 2.45) is 5.92 Å². The van der Waals surface area contributed by atoms with Crippen LogP contribution in [0, 0.1) is 12.0 Å². The van der Waals surface area contributed by atoms with E-state index >= 15 is 0 Å². The van der Waals surface area contributed by atoms with E-state index in [0.29, 0.717) is 6.10 Å². The molecule has 1 atom stereocenters. The Bertz CT molecular complexity index is 105. The lowest BCUT2D eigenvalue weighted by Gasteiger charge is -1.99. The van der Waals surface area contributed by atoms with Gasteiger partial charge in [0.1, 0.15) is 6.10 Å². The van der Waals surface area contributed by atoms with Gasteiger partial charge in [-0.25, -0.2) is 0 Å². The Morgan fingerprint density at radius 2 is 1.89 bits per heavy atom. The summed E-state index contributed by atoms with van der Waals surface area (Å²) >= 11 is 0. The van der Waals surface area contributed by atoms with Crippen molar-refractivity contribution < 1.29 is 4.74 Å². The minimum Gasteiger partial charge on any atom is -0.363 e. The van der Waals surface area contributed by atoms with Crippen LogP contribution >= 0.6 is 0 Å². The highest BCUT2D eigenvalue weighted by molar-refractivity contribution is 5.06. The molecular formula is C8H13O. The molecule has 1 heterocycles. The van der Waals surface area contributed by atoms with Gasteiger partial charge < -0.3 is 4.74 Å². The first-order valence-electron chi connectivity index (χ1n) is 3.91. The van der Waals surface area contributed by atoms with Crippen LogP contribution in [0.25, 0.3) is 0 Å². The fourth-order valence-corrected chi connectivity index (χ4v) is 1.81. The molecule has 9 heavy (non-hydrogen) atoms. The van der Waals surface area contributed by atoms with Gasteiger partial charge in [0.25, 0.3) is 0 Å². The molecule has 2 fully saturated rings. The molecule has 1 unspecified atom stereocenters. The van der Waals surface area contributed by atoms with Crippen molar-refractivity contribution in [1.82, 2.24) is 0 Å². The zero-order chi connectivity index (χ0) is 6.27. The van der Waals surface area contributed by atoms with Crippen LogP contribution in [-0.2, 0) is 4.74 Å². The molecule has 0 aromatic carbocycles. The maximum absolute atomic E-state index is 5.32. The Labute approximate surface area is 56.4 Å². The molecule has 1 heteroatoms. The average molecular weight is 125 g/mol. The Morgan fingerprint density at radius 1 is 1.33 bits per heavy atom. The van der Waals surface area contributed by atoms with E-state index in [2.05, 4.69) is 6.92 Å². The first-order valence-corrected chi connectivity index (χ1v) is 3.91. The summed E-state index contributed by atoms with van der Waals surface area (Å²) < 4.78 is 5.32. The molecule has 1 aliphatic carbocycles. The Kier molecular flexibility index (Phi) is 1.26. The first-order chi connectivity index (χ1) is 4.38. The second-order valence-corrected chi connectivity index (χ2v) is 3.14. The molecule has 2 aliphatic rings. The van der Waals surface area contributed by atoms with Gasteiger partial charge in [0.15, 0.2) is 0 Å². The monoisotopic (exact) mass is 125 g/mol. The molecule has 0 aromatic heterocycles.